The number of imidazole rings is 1. The molecule has 1 aliphatic heterocycles. The third-order valence-corrected chi connectivity index (χ3v) is 4.14. The van der Waals surface area contributed by atoms with Crippen molar-refractivity contribution in [1.29, 1.82) is 0 Å². The number of hydrogen-bond donors (Lipinski definition) is 6. The van der Waals surface area contributed by atoms with E-state index in [0.29, 0.717) is 0 Å². The monoisotopic (exact) mass is 432 g/mol. The van der Waals surface area contributed by atoms with Crippen LogP contribution in [-0.2, 0) is 9.53 Å². The molecule has 1 fully saturated rings. The molecule has 2 unspecified atom stereocenters. The fraction of sp³-hybridized carbons (Fsp3) is 0.467. The van der Waals surface area contributed by atoms with Crippen molar-refractivity contribution in [2.45, 2.75) is 30.7 Å². The Kier molecular flexibility index (Phi) is 5.67. The van der Waals surface area contributed by atoms with Gasteiger partial charge in [-0.2, -0.15) is 18.2 Å². The number of anilines is 1. The van der Waals surface area contributed by atoms with Gasteiger partial charge in [-0.05, 0) is 5.92 Å². The number of hydrogen-bond acceptors (Lipinski definition) is 9. The molecule has 162 valence electrons. The van der Waals surface area contributed by atoms with Gasteiger partial charge in [0, 0.05) is 0 Å². The van der Waals surface area contributed by atoms with Gasteiger partial charge in [-0.15, -0.1) is 0 Å². The number of carbonyl (C=O) groups excluding carboxylic acids is 1. The van der Waals surface area contributed by atoms with Crippen LogP contribution in [0.2, 0.25) is 0 Å². The van der Waals surface area contributed by atoms with Gasteiger partial charge in [-0.25, -0.2) is 4.98 Å². The molecule has 0 radical (unpaired) electrons. The maximum Gasteiger partial charge on any atom is 0.471 e. The number of alkyl halides is 3. The van der Waals surface area contributed by atoms with E-state index in [9.17, 15) is 38.1 Å². The number of H-pyrrole nitrogens is 1. The highest BCUT2D eigenvalue weighted by atomic mass is 19.4. The Labute approximate surface area is 164 Å². The zero-order valence-electron chi connectivity index (χ0n) is 14.8. The molecule has 3 heterocycles. The Hall–Kier alpha value is -3.19. The number of nitrogen functional groups attached to an aromatic ring is 1. The first kappa shape index (κ1) is 21.5. The number of amides is 1. The summed E-state index contributed by atoms with van der Waals surface area (Å²) in [6.45, 7) is -1.34. The lowest BCUT2D eigenvalue weighted by atomic mass is 10.1. The van der Waals surface area contributed by atoms with Crippen molar-refractivity contribution < 1.29 is 38.0 Å². The van der Waals surface area contributed by atoms with E-state index >= 15 is 0 Å². The molecule has 30 heavy (non-hydrogen) atoms. The van der Waals surface area contributed by atoms with Crippen LogP contribution in [0.4, 0.5) is 19.1 Å². The molecule has 0 aromatic carbocycles. The van der Waals surface area contributed by atoms with Crippen LogP contribution in [0.3, 0.4) is 0 Å². The summed E-state index contributed by atoms with van der Waals surface area (Å²) in [6.07, 6.45) is -10.7. The number of carbonyl (C=O) groups is 1. The number of aliphatic hydroxyl groups excluding tert-OH is 3. The number of ether oxygens (including phenoxy) is 1. The minimum atomic E-state index is -5.08. The fourth-order valence-electron chi connectivity index (χ4n) is 2.77. The van der Waals surface area contributed by atoms with Crippen LogP contribution in [0.1, 0.15) is 12.1 Å². The second-order valence-corrected chi connectivity index (χ2v) is 6.14. The van der Waals surface area contributed by atoms with Crippen molar-refractivity contribution in [1.82, 2.24) is 24.8 Å². The van der Waals surface area contributed by atoms with Crippen LogP contribution >= 0.6 is 0 Å². The summed E-state index contributed by atoms with van der Waals surface area (Å²) in [5.41, 5.74) is 4.30. The van der Waals surface area contributed by atoms with Gasteiger partial charge in [0.25, 0.3) is 5.56 Å². The van der Waals surface area contributed by atoms with Crippen LogP contribution in [-0.4, -0.2) is 78.4 Å². The average molecular weight is 432 g/mol. The maximum atomic E-state index is 12.2. The lowest BCUT2D eigenvalue weighted by Crippen LogP contribution is -2.36. The highest BCUT2D eigenvalue weighted by molar-refractivity contribution is 5.81. The molecule has 12 nitrogen and oxygen atoms in total. The number of halogens is 3. The molecule has 15 heteroatoms. The zero-order chi connectivity index (χ0) is 22.2. The van der Waals surface area contributed by atoms with Crippen molar-refractivity contribution in [2.24, 2.45) is 0 Å². The second kappa shape index (κ2) is 7.91. The predicted octanol–water partition coefficient (Wildman–Crippen LogP) is -2.66. The van der Waals surface area contributed by atoms with Crippen molar-refractivity contribution >= 4 is 23.0 Å². The number of rotatable bonds is 3. The SMILES string of the molecule is Nc1nc2c(nc(C#CCNC(=O)C(F)(F)F)n2[C@@H]2O[C@H](CO)C(O)C2O)c(=O)[nH]1. The molecule has 0 spiro atoms. The number of nitrogens with one attached hydrogen (secondary N) is 2. The van der Waals surface area contributed by atoms with Gasteiger partial charge in [0.1, 0.15) is 18.3 Å². The van der Waals surface area contributed by atoms with Crippen LogP contribution in [0.5, 0.6) is 0 Å². The third kappa shape index (κ3) is 3.93. The highest BCUT2D eigenvalue weighted by Gasteiger charge is 2.45. The molecule has 1 aliphatic rings. The molecular weight excluding hydrogens is 417 g/mol. The standard InChI is InChI=1S/C15H15F3N6O6/c16-15(17,18)13(29)20-3-1-2-6-21-7-10(22-14(19)23-11(7)28)24(6)12-9(27)8(26)5(4-25)30-12/h5,8-9,12,25-27H,3-4H2,(H,20,29)(H3,19,22,23,28)/t5-,8?,9?,12-/m1/s1. The summed E-state index contributed by atoms with van der Waals surface area (Å²) in [6, 6.07) is 0. The number of fused-ring (bicyclic) bond motifs is 1. The quantitative estimate of drug-likeness (QED) is 0.281. The Morgan fingerprint density at radius 2 is 2.03 bits per heavy atom. The van der Waals surface area contributed by atoms with Gasteiger partial charge in [0.05, 0.1) is 13.2 Å². The van der Waals surface area contributed by atoms with E-state index in [1.165, 1.54) is 5.32 Å². The van der Waals surface area contributed by atoms with E-state index in [4.69, 9.17) is 10.5 Å². The summed E-state index contributed by atoms with van der Waals surface area (Å²) >= 11 is 0. The van der Waals surface area contributed by atoms with E-state index in [1.54, 1.807) is 0 Å². The van der Waals surface area contributed by atoms with E-state index in [1.807, 2.05) is 0 Å². The Balaban J connectivity index is 2.02. The summed E-state index contributed by atoms with van der Waals surface area (Å²) in [5, 5.41) is 31.1. The highest BCUT2D eigenvalue weighted by Crippen LogP contribution is 2.32. The lowest BCUT2D eigenvalue weighted by molar-refractivity contribution is -0.173. The first-order valence-electron chi connectivity index (χ1n) is 8.28. The minimum absolute atomic E-state index is 0.185. The van der Waals surface area contributed by atoms with Gasteiger partial charge in [-0.3, -0.25) is 19.1 Å². The van der Waals surface area contributed by atoms with Crippen molar-refractivity contribution in [2.75, 3.05) is 18.9 Å². The van der Waals surface area contributed by atoms with Crippen LogP contribution in [0.25, 0.3) is 11.2 Å². The molecule has 7 N–H and O–H groups in total. The van der Waals surface area contributed by atoms with Crippen molar-refractivity contribution in [3.05, 3.63) is 16.2 Å². The summed E-state index contributed by atoms with van der Waals surface area (Å²) in [4.78, 5) is 33.0. The average Bonchev–Trinajstić information content (AvgIpc) is 3.15. The summed E-state index contributed by atoms with van der Waals surface area (Å²) in [7, 11) is 0. The third-order valence-electron chi connectivity index (χ3n) is 4.14. The maximum absolute atomic E-state index is 12.2. The predicted molar refractivity (Wildman–Crippen MR) is 91.5 cm³/mol. The largest absolute Gasteiger partial charge is 0.471 e. The number of aliphatic hydroxyl groups is 3. The molecule has 1 saturated heterocycles. The molecule has 0 saturated carbocycles. The van der Waals surface area contributed by atoms with Crippen molar-refractivity contribution in [3.63, 3.8) is 0 Å². The number of aromatic amines is 1. The number of nitrogens with zero attached hydrogens (tertiary/aromatic N) is 3. The van der Waals surface area contributed by atoms with E-state index < -0.39 is 55.3 Å². The molecular formula is C15H15F3N6O6. The van der Waals surface area contributed by atoms with E-state index in [0.717, 1.165) is 4.57 Å². The smallest absolute Gasteiger partial charge is 0.394 e. The number of aromatic nitrogens is 4. The number of nitrogens with two attached hydrogens (primary N) is 1. The fourth-order valence-corrected chi connectivity index (χ4v) is 2.77. The molecule has 3 rings (SSSR count). The lowest BCUT2D eigenvalue weighted by Gasteiger charge is -2.17. The van der Waals surface area contributed by atoms with Gasteiger partial charge >= 0.3 is 12.1 Å². The summed E-state index contributed by atoms with van der Waals surface area (Å²) in [5.74, 6) is 1.81. The second-order valence-electron chi connectivity index (χ2n) is 6.14. The van der Waals surface area contributed by atoms with E-state index in [2.05, 4.69) is 26.8 Å². The van der Waals surface area contributed by atoms with Crippen LogP contribution in [0, 0.1) is 11.8 Å². The Morgan fingerprint density at radius 1 is 1.33 bits per heavy atom. The molecule has 4 atom stereocenters. The zero-order valence-corrected chi connectivity index (χ0v) is 14.8. The van der Waals surface area contributed by atoms with Crippen molar-refractivity contribution in [3.8, 4) is 11.8 Å². The Bertz CT molecular complexity index is 1090. The molecule has 2 aromatic heterocycles. The molecule has 0 bridgehead atoms. The minimum Gasteiger partial charge on any atom is -0.394 e. The summed E-state index contributed by atoms with van der Waals surface area (Å²) < 4.78 is 43.1. The van der Waals surface area contributed by atoms with Gasteiger partial charge in [0.15, 0.2) is 23.2 Å². The van der Waals surface area contributed by atoms with Gasteiger partial charge in [0.2, 0.25) is 5.95 Å². The normalized spacial score (nSPS) is 23.9. The molecule has 1 amide bonds. The molecule has 0 aliphatic carbocycles. The Morgan fingerprint density at radius 3 is 2.63 bits per heavy atom. The van der Waals surface area contributed by atoms with Gasteiger partial charge in [-0.1, -0.05) is 5.92 Å². The van der Waals surface area contributed by atoms with Gasteiger partial charge < -0.3 is 31.1 Å². The van der Waals surface area contributed by atoms with E-state index in [-0.39, 0.29) is 22.9 Å². The first-order chi connectivity index (χ1) is 14.0. The van der Waals surface area contributed by atoms with Crippen LogP contribution < -0.4 is 16.6 Å². The topological polar surface area (TPSA) is 189 Å². The first-order valence-corrected chi connectivity index (χ1v) is 8.28. The molecule has 2 aromatic rings. The van der Waals surface area contributed by atoms with Crippen LogP contribution in [0.15, 0.2) is 4.79 Å².